The van der Waals surface area contributed by atoms with Crippen molar-refractivity contribution in [2.75, 3.05) is 20.4 Å². The van der Waals surface area contributed by atoms with E-state index in [9.17, 15) is 0 Å². The first-order chi connectivity index (χ1) is 6.50. The number of hydrogen-bond acceptors (Lipinski definition) is 2. The highest BCUT2D eigenvalue weighted by Gasteiger charge is 2.64. The molecule has 1 saturated carbocycles. The molecule has 2 unspecified atom stereocenters. The fraction of sp³-hybridized carbons (Fsp3) is 0.833. The first kappa shape index (κ1) is 10.0. The Balaban J connectivity index is 2.20. The number of nitrogens with zero attached hydrogens (tertiary/aromatic N) is 1. The van der Waals surface area contributed by atoms with Crippen molar-refractivity contribution in [3.8, 4) is 0 Å². The van der Waals surface area contributed by atoms with Gasteiger partial charge in [-0.1, -0.05) is 19.4 Å². The van der Waals surface area contributed by atoms with Crippen molar-refractivity contribution >= 4 is 0 Å². The molecule has 14 heavy (non-hydrogen) atoms. The second-order valence-electron chi connectivity index (χ2n) is 5.43. The van der Waals surface area contributed by atoms with Crippen molar-refractivity contribution in [1.29, 1.82) is 0 Å². The largest absolute Gasteiger partial charge is 0.364 e. The lowest BCUT2D eigenvalue weighted by Crippen LogP contribution is -2.27. The highest BCUT2D eigenvalue weighted by molar-refractivity contribution is 5.31. The molecular formula is C12H21NO. The van der Waals surface area contributed by atoms with E-state index in [1.165, 1.54) is 12.1 Å². The lowest BCUT2D eigenvalue weighted by Gasteiger charge is -2.27. The Morgan fingerprint density at radius 1 is 1.50 bits per heavy atom. The van der Waals surface area contributed by atoms with Gasteiger partial charge in [0.15, 0.2) is 0 Å². The third-order valence-corrected chi connectivity index (χ3v) is 3.90. The Bertz CT molecular complexity index is 276. The number of piperidine rings is 1. The monoisotopic (exact) mass is 195 g/mol. The van der Waals surface area contributed by atoms with Gasteiger partial charge in [0.1, 0.15) is 6.73 Å². The average Bonchev–Trinajstić information content (AvgIpc) is 2.47. The number of fused-ring (bicyclic) bond motifs is 1. The van der Waals surface area contributed by atoms with Gasteiger partial charge in [0.25, 0.3) is 0 Å². The van der Waals surface area contributed by atoms with Crippen molar-refractivity contribution < 1.29 is 4.74 Å². The minimum atomic E-state index is 0.539. The third kappa shape index (κ3) is 1.20. The minimum absolute atomic E-state index is 0.539. The van der Waals surface area contributed by atoms with Gasteiger partial charge in [-0.25, -0.2) is 0 Å². The van der Waals surface area contributed by atoms with Crippen LogP contribution in [0.5, 0.6) is 0 Å². The number of allylic oxidation sites excluding steroid dienone is 2. The summed E-state index contributed by atoms with van der Waals surface area (Å²) in [5.74, 6) is 1.66. The van der Waals surface area contributed by atoms with Crippen LogP contribution in [-0.4, -0.2) is 25.3 Å². The summed E-state index contributed by atoms with van der Waals surface area (Å²) < 4.78 is 5.23. The van der Waals surface area contributed by atoms with E-state index in [4.69, 9.17) is 4.74 Å². The van der Waals surface area contributed by atoms with Crippen LogP contribution in [0.3, 0.4) is 0 Å². The van der Waals surface area contributed by atoms with Crippen molar-refractivity contribution in [1.82, 2.24) is 4.90 Å². The van der Waals surface area contributed by atoms with E-state index in [0.29, 0.717) is 5.41 Å². The Hall–Kier alpha value is -0.500. The van der Waals surface area contributed by atoms with Gasteiger partial charge < -0.3 is 9.64 Å². The molecule has 2 atom stereocenters. The van der Waals surface area contributed by atoms with Gasteiger partial charge in [-0.15, -0.1) is 0 Å². The quantitative estimate of drug-likeness (QED) is 0.671. The fourth-order valence-corrected chi connectivity index (χ4v) is 3.07. The van der Waals surface area contributed by atoms with Crippen LogP contribution >= 0.6 is 0 Å². The molecule has 0 amide bonds. The van der Waals surface area contributed by atoms with Crippen LogP contribution in [0.1, 0.15) is 27.7 Å². The predicted molar refractivity (Wildman–Crippen MR) is 57.7 cm³/mol. The van der Waals surface area contributed by atoms with Crippen molar-refractivity contribution in [3.05, 3.63) is 11.3 Å². The summed E-state index contributed by atoms with van der Waals surface area (Å²) in [6.45, 7) is 11.1. The topological polar surface area (TPSA) is 12.5 Å². The van der Waals surface area contributed by atoms with Gasteiger partial charge in [-0.05, 0) is 25.2 Å². The molecule has 0 N–H and O–H groups in total. The van der Waals surface area contributed by atoms with Crippen LogP contribution in [0.15, 0.2) is 11.3 Å². The first-order valence-corrected chi connectivity index (χ1v) is 5.41. The van der Waals surface area contributed by atoms with Gasteiger partial charge in [0, 0.05) is 25.3 Å². The summed E-state index contributed by atoms with van der Waals surface area (Å²) >= 11 is 0. The molecule has 1 aliphatic heterocycles. The maximum atomic E-state index is 5.23. The number of ether oxygens (including phenoxy) is 1. The molecule has 0 radical (unpaired) electrons. The fourth-order valence-electron chi connectivity index (χ4n) is 3.07. The highest BCUT2D eigenvalue weighted by atomic mass is 16.5. The van der Waals surface area contributed by atoms with Crippen LogP contribution in [-0.2, 0) is 4.74 Å². The van der Waals surface area contributed by atoms with Crippen LogP contribution in [0.4, 0.5) is 0 Å². The van der Waals surface area contributed by atoms with E-state index in [1.807, 2.05) is 0 Å². The molecule has 0 aromatic rings. The Labute approximate surface area is 86.9 Å². The Morgan fingerprint density at radius 3 is 2.64 bits per heavy atom. The summed E-state index contributed by atoms with van der Waals surface area (Å²) in [5, 5.41) is 0. The zero-order valence-electron chi connectivity index (χ0n) is 9.92. The first-order valence-electron chi connectivity index (χ1n) is 5.41. The van der Waals surface area contributed by atoms with E-state index < -0.39 is 0 Å². The second-order valence-corrected chi connectivity index (χ2v) is 5.43. The highest BCUT2D eigenvalue weighted by Crippen LogP contribution is 2.66. The molecule has 2 rings (SSSR count). The normalized spacial score (nSPS) is 33.2. The molecule has 0 spiro atoms. The molecule has 1 saturated heterocycles. The van der Waals surface area contributed by atoms with Gasteiger partial charge >= 0.3 is 0 Å². The minimum Gasteiger partial charge on any atom is -0.364 e. The van der Waals surface area contributed by atoms with Crippen molar-refractivity contribution in [2.45, 2.75) is 27.7 Å². The summed E-state index contributed by atoms with van der Waals surface area (Å²) in [4.78, 5) is 2.40. The standard InChI is InChI=1S/C12H21NO/c1-8(2)11-10-9(12(10,3)4)6-13(11)7-14-5/h9-10H,6-7H2,1-5H3. The van der Waals surface area contributed by atoms with Crippen LogP contribution in [0.25, 0.3) is 0 Å². The Kier molecular flexibility index (Phi) is 2.15. The number of likely N-dealkylation sites (tertiary alicyclic amines) is 1. The van der Waals surface area contributed by atoms with Gasteiger partial charge in [0.2, 0.25) is 0 Å². The molecule has 0 aromatic carbocycles. The van der Waals surface area contributed by atoms with E-state index in [1.54, 1.807) is 12.8 Å². The molecule has 1 aliphatic carbocycles. The lowest BCUT2D eigenvalue weighted by atomic mass is 10.0. The maximum absolute atomic E-state index is 5.23. The molecule has 2 heteroatoms. The molecule has 2 nitrogen and oxygen atoms in total. The molecule has 2 aliphatic rings. The predicted octanol–water partition coefficient (Wildman–Crippen LogP) is 2.47. The van der Waals surface area contributed by atoms with Crippen LogP contribution in [0.2, 0.25) is 0 Å². The summed E-state index contributed by atoms with van der Waals surface area (Å²) in [6.07, 6.45) is 0. The van der Waals surface area contributed by atoms with E-state index in [-0.39, 0.29) is 0 Å². The van der Waals surface area contributed by atoms with Crippen molar-refractivity contribution in [2.24, 2.45) is 17.3 Å². The summed E-state index contributed by atoms with van der Waals surface area (Å²) in [7, 11) is 1.78. The summed E-state index contributed by atoms with van der Waals surface area (Å²) in [6, 6.07) is 0. The smallest absolute Gasteiger partial charge is 0.118 e. The molecule has 0 bridgehead atoms. The van der Waals surface area contributed by atoms with Crippen LogP contribution in [0, 0.1) is 17.3 Å². The third-order valence-electron chi connectivity index (χ3n) is 3.90. The number of rotatable bonds is 2. The number of hydrogen-bond donors (Lipinski definition) is 0. The molecule has 2 fully saturated rings. The van der Waals surface area contributed by atoms with Gasteiger partial charge in [-0.3, -0.25) is 0 Å². The lowest BCUT2D eigenvalue weighted by molar-refractivity contribution is 0.0844. The molecule has 1 heterocycles. The summed E-state index contributed by atoms with van der Waals surface area (Å²) in [5.41, 5.74) is 3.54. The van der Waals surface area contributed by atoms with Gasteiger partial charge in [-0.2, -0.15) is 0 Å². The zero-order valence-corrected chi connectivity index (χ0v) is 9.92. The van der Waals surface area contributed by atoms with Crippen LogP contribution < -0.4 is 0 Å². The second kappa shape index (κ2) is 2.99. The zero-order chi connectivity index (χ0) is 10.5. The molecular weight excluding hydrogens is 174 g/mol. The molecule has 0 aromatic heterocycles. The molecule has 80 valence electrons. The van der Waals surface area contributed by atoms with Crippen molar-refractivity contribution in [3.63, 3.8) is 0 Å². The van der Waals surface area contributed by atoms with E-state index in [0.717, 1.165) is 18.6 Å². The number of methoxy groups -OCH3 is 1. The van der Waals surface area contributed by atoms with E-state index in [2.05, 4.69) is 32.6 Å². The Morgan fingerprint density at radius 2 is 2.14 bits per heavy atom. The maximum Gasteiger partial charge on any atom is 0.118 e. The van der Waals surface area contributed by atoms with E-state index >= 15 is 0 Å². The SMILES string of the molecule is COCN1CC2C(C1=C(C)C)C2(C)C. The van der Waals surface area contributed by atoms with Gasteiger partial charge in [0.05, 0.1) is 0 Å². The average molecular weight is 195 g/mol.